The van der Waals surface area contributed by atoms with Crippen molar-refractivity contribution in [3.8, 4) is 0 Å². The fourth-order valence-corrected chi connectivity index (χ4v) is 9.46. The van der Waals surface area contributed by atoms with Crippen molar-refractivity contribution < 1.29 is 28.6 Å². The normalized spacial score (nSPS) is 12.2. The first-order valence-electron chi connectivity index (χ1n) is 31.5. The molecule has 416 valence electrons. The van der Waals surface area contributed by atoms with E-state index in [1.54, 1.807) is 0 Å². The number of esters is 3. The Balaban J connectivity index is 4.01. The zero-order valence-electron chi connectivity index (χ0n) is 47.8. The molecule has 0 aromatic carbocycles. The Hall–Kier alpha value is -2.37. The molecule has 0 spiro atoms. The van der Waals surface area contributed by atoms with Crippen molar-refractivity contribution in [1.82, 2.24) is 0 Å². The van der Waals surface area contributed by atoms with Crippen LogP contribution in [0.1, 0.15) is 342 Å². The summed E-state index contributed by atoms with van der Waals surface area (Å²) < 4.78 is 16.8. The maximum Gasteiger partial charge on any atom is 0.306 e. The number of rotatable bonds is 58. The summed E-state index contributed by atoms with van der Waals surface area (Å²) in [7, 11) is 0. The smallest absolute Gasteiger partial charge is 0.306 e. The van der Waals surface area contributed by atoms with Crippen molar-refractivity contribution in [2.24, 2.45) is 0 Å². The molecule has 0 rings (SSSR count). The Morgan fingerprint density at radius 3 is 0.859 bits per heavy atom. The first-order chi connectivity index (χ1) is 35.0. The van der Waals surface area contributed by atoms with Crippen LogP contribution in [0.3, 0.4) is 0 Å². The molecule has 0 saturated heterocycles. The molecule has 0 aliphatic rings. The van der Waals surface area contributed by atoms with Gasteiger partial charge in [-0.1, -0.05) is 308 Å². The number of unbranched alkanes of at least 4 members (excludes halogenated alkanes) is 41. The predicted octanol–water partition coefficient (Wildman–Crippen LogP) is 21.2. The van der Waals surface area contributed by atoms with Gasteiger partial charge in [-0.25, -0.2) is 0 Å². The van der Waals surface area contributed by atoms with Crippen molar-refractivity contribution in [3.05, 3.63) is 36.5 Å². The molecule has 6 nitrogen and oxygen atoms in total. The average molecular weight is 998 g/mol. The monoisotopic (exact) mass is 997 g/mol. The Bertz CT molecular complexity index is 1190. The van der Waals surface area contributed by atoms with Crippen LogP contribution in [-0.2, 0) is 28.6 Å². The summed E-state index contributed by atoms with van der Waals surface area (Å²) in [6, 6.07) is 0. The second kappa shape index (κ2) is 60.2. The van der Waals surface area contributed by atoms with Gasteiger partial charge in [-0.15, -0.1) is 0 Å². The van der Waals surface area contributed by atoms with Crippen molar-refractivity contribution in [1.29, 1.82) is 0 Å². The SMILES string of the molecule is CC/C=C\C/C=C\C/C=C\CCCCCC(=O)OC(COC(=O)CCCCCCCCCCC)COC(=O)CCCCCCCCCCCCCCCCCCCCCCCCCCCCCCCCC. The van der Waals surface area contributed by atoms with Gasteiger partial charge in [-0.05, 0) is 51.4 Å². The van der Waals surface area contributed by atoms with Crippen LogP contribution in [0.25, 0.3) is 0 Å². The molecule has 6 heteroatoms. The second-order valence-electron chi connectivity index (χ2n) is 21.3. The molecule has 71 heavy (non-hydrogen) atoms. The molecule has 0 fully saturated rings. The molecular formula is C65H120O6. The zero-order valence-corrected chi connectivity index (χ0v) is 47.8. The van der Waals surface area contributed by atoms with Crippen LogP contribution in [0.2, 0.25) is 0 Å². The van der Waals surface area contributed by atoms with E-state index in [0.29, 0.717) is 19.3 Å². The van der Waals surface area contributed by atoms with Crippen LogP contribution in [0.5, 0.6) is 0 Å². The third kappa shape index (κ3) is 58.4. The van der Waals surface area contributed by atoms with Gasteiger partial charge in [0.25, 0.3) is 0 Å². The van der Waals surface area contributed by atoms with E-state index in [-0.39, 0.29) is 31.1 Å². The van der Waals surface area contributed by atoms with Gasteiger partial charge in [0.1, 0.15) is 13.2 Å². The molecule has 0 aliphatic heterocycles. The van der Waals surface area contributed by atoms with Gasteiger partial charge < -0.3 is 14.2 Å². The number of hydrogen-bond acceptors (Lipinski definition) is 6. The summed E-state index contributed by atoms with van der Waals surface area (Å²) in [5.74, 6) is -0.895. The molecule has 0 aromatic heterocycles. The minimum atomic E-state index is -0.782. The molecule has 0 aliphatic carbocycles. The number of hydrogen-bond donors (Lipinski definition) is 0. The largest absolute Gasteiger partial charge is 0.462 e. The summed E-state index contributed by atoms with van der Waals surface area (Å²) in [6.45, 7) is 6.52. The molecular weight excluding hydrogens is 877 g/mol. The first kappa shape index (κ1) is 68.6. The topological polar surface area (TPSA) is 78.9 Å². The van der Waals surface area contributed by atoms with Crippen LogP contribution in [0.4, 0.5) is 0 Å². The highest BCUT2D eigenvalue weighted by Gasteiger charge is 2.19. The fourth-order valence-electron chi connectivity index (χ4n) is 9.46. The Morgan fingerprint density at radius 2 is 0.549 bits per heavy atom. The van der Waals surface area contributed by atoms with Gasteiger partial charge >= 0.3 is 17.9 Å². The fraction of sp³-hybridized carbons (Fsp3) is 0.862. The van der Waals surface area contributed by atoms with Crippen molar-refractivity contribution in [2.45, 2.75) is 348 Å². The van der Waals surface area contributed by atoms with Crippen molar-refractivity contribution >= 4 is 17.9 Å². The van der Waals surface area contributed by atoms with E-state index in [1.807, 2.05) is 0 Å². The number of carbonyl (C=O) groups is 3. The lowest BCUT2D eigenvalue weighted by atomic mass is 10.0. The van der Waals surface area contributed by atoms with E-state index < -0.39 is 6.10 Å². The molecule has 0 radical (unpaired) electrons. The van der Waals surface area contributed by atoms with Gasteiger partial charge in [-0.3, -0.25) is 14.4 Å². The molecule has 0 heterocycles. The average Bonchev–Trinajstić information content (AvgIpc) is 3.37. The molecule has 0 aromatic rings. The Kier molecular flexibility index (Phi) is 58.2. The highest BCUT2D eigenvalue weighted by atomic mass is 16.6. The van der Waals surface area contributed by atoms with E-state index >= 15 is 0 Å². The van der Waals surface area contributed by atoms with Gasteiger partial charge in [0.15, 0.2) is 6.10 Å². The molecule has 1 atom stereocenters. The minimum Gasteiger partial charge on any atom is -0.462 e. The van der Waals surface area contributed by atoms with Crippen LogP contribution < -0.4 is 0 Å². The second-order valence-corrected chi connectivity index (χ2v) is 21.3. The molecule has 0 saturated carbocycles. The number of carbonyl (C=O) groups excluding carboxylic acids is 3. The zero-order chi connectivity index (χ0) is 51.4. The lowest BCUT2D eigenvalue weighted by molar-refractivity contribution is -0.167. The standard InChI is InChI=1S/C65H120O6/c1-4-7-10-13-16-19-21-23-24-25-26-27-28-29-30-31-32-33-34-35-36-37-38-39-40-42-43-46-49-52-55-58-64(67)70-61-62(60-69-63(66)57-54-51-48-45-18-15-12-9-6-3)71-65(68)59-56-53-50-47-44-41-22-20-17-14-11-8-5-2/h8,11,17,20,41,44,62H,4-7,9-10,12-16,18-19,21-40,42-43,45-61H2,1-3H3/b11-8-,20-17-,44-41-. The maximum absolute atomic E-state index is 12.8. The number of allylic oxidation sites excluding steroid dienone is 6. The van der Waals surface area contributed by atoms with Gasteiger partial charge in [0.2, 0.25) is 0 Å². The van der Waals surface area contributed by atoms with Crippen LogP contribution in [0.15, 0.2) is 36.5 Å². The minimum absolute atomic E-state index is 0.0797. The van der Waals surface area contributed by atoms with E-state index in [2.05, 4.69) is 57.2 Å². The Morgan fingerprint density at radius 1 is 0.296 bits per heavy atom. The summed E-state index contributed by atoms with van der Waals surface area (Å²) in [4.78, 5) is 38.0. The van der Waals surface area contributed by atoms with Crippen LogP contribution in [0, 0.1) is 0 Å². The maximum atomic E-state index is 12.8. The van der Waals surface area contributed by atoms with Gasteiger partial charge in [0, 0.05) is 19.3 Å². The van der Waals surface area contributed by atoms with Gasteiger partial charge in [0.05, 0.1) is 0 Å². The summed E-state index contributed by atoms with van der Waals surface area (Å²) >= 11 is 0. The van der Waals surface area contributed by atoms with Crippen molar-refractivity contribution in [3.63, 3.8) is 0 Å². The Labute approximate surface area is 442 Å². The van der Waals surface area contributed by atoms with E-state index in [9.17, 15) is 14.4 Å². The highest BCUT2D eigenvalue weighted by molar-refractivity contribution is 5.71. The molecule has 0 bridgehead atoms. The summed E-state index contributed by atoms with van der Waals surface area (Å²) in [5, 5.41) is 0. The first-order valence-corrected chi connectivity index (χ1v) is 31.5. The van der Waals surface area contributed by atoms with E-state index in [1.165, 1.54) is 218 Å². The summed E-state index contributed by atoms with van der Waals surface area (Å²) in [5.41, 5.74) is 0. The third-order valence-corrected chi connectivity index (χ3v) is 14.2. The number of ether oxygens (including phenoxy) is 3. The van der Waals surface area contributed by atoms with Crippen LogP contribution >= 0.6 is 0 Å². The summed E-state index contributed by atoms with van der Waals surface area (Å²) in [6.07, 6.45) is 73.4. The highest BCUT2D eigenvalue weighted by Crippen LogP contribution is 2.18. The molecule has 0 amide bonds. The quantitative estimate of drug-likeness (QED) is 0.0261. The van der Waals surface area contributed by atoms with E-state index in [0.717, 1.165) is 83.5 Å². The van der Waals surface area contributed by atoms with E-state index in [4.69, 9.17) is 14.2 Å². The lowest BCUT2D eigenvalue weighted by Gasteiger charge is -2.18. The molecule has 0 N–H and O–H groups in total. The van der Waals surface area contributed by atoms with Crippen LogP contribution in [-0.4, -0.2) is 37.2 Å². The predicted molar refractivity (Wildman–Crippen MR) is 307 cm³/mol. The van der Waals surface area contributed by atoms with Crippen molar-refractivity contribution in [2.75, 3.05) is 13.2 Å². The molecule has 1 unspecified atom stereocenters. The third-order valence-electron chi connectivity index (χ3n) is 14.2. The lowest BCUT2D eigenvalue weighted by Crippen LogP contribution is -2.30. The van der Waals surface area contributed by atoms with Gasteiger partial charge in [-0.2, -0.15) is 0 Å².